The Bertz CT molecular complexity index is 813. The number of ether oxygens (including phenoxy) is 2. The number of nitrogens with zero attached hydrogens (tertiary/aromatic N) is 1. The molecule has 0 aliphatic rings. The zero-order valence-electron chi connectivity index (χ0n) is 14.0. The van der Waals surface area contributed by atoms with Crippen LogP contribution in [0.25, 0.3) is 0 Å². The van der Waals surface area contributed by atoms with Crippen LogP contribution in [0.15, 0.2) is 60.0 Å². The van der Waals surface area contributed by atoms with E-state index in [2.05, 4.69) is 6.58 Å². The van der Waals surface area contributed by atoms with Gasteiger partial charge in [0.1, 0.15) is 11.5 Å². The highest BCUT2D eigenvalue weighted by Crippen LogP contribution is 2.33. The summed E-state index contributed by atoms with van der Waals surface area (Å²) in [6.07, 6.45) is 1.54. The zero-order chi connectivity index (χ0) is 17.7. The molecule has 0 aliphatic carbocycles. The van der Waals surface area contributed by atoms with Gasteiger partial charge in [-0.15, -0.1) is 6.58 Å². The highest BCUT2D eigenvalue weighted by Gasteiger charge is 2.26. The molecule has 0 bridgehead atoms. The van der Waals surface area contributed by atoms with Gasteiger partial charge < -0.3 is 9.47 Å². The number of hydrogen-bond donors (Lipinski definition) is 0. The molecule has 0 saturated heterocycles. The molecule has 0 aromatic heterocycles. The van der Waals surface area contributed by atoms with Crippen molar-refractivity contribution in [2.75, 3.05) is 25.1 Å². The molecule has 24 heavy (non-hydrogen) atoms. The van der Waals surface area contributed by atoms with Crippen LogP contribution in [0.3, 0.4) is 0 Å². The Morgan fingerprint density at radius 3 is 2.29 bits per heavy atom. The molecular weight excluding hydrogens is 326 g/mol. The van der Waals surface area contributed by atoms with Gasteiger partial charge in [0.2, 0.25) is 0 Å². The van der Waals surface area contributed by atoms with E-state index in [0.29, 0.717) is 17.2 Å². The van der Waals surface area contributed by atoms with E-state index in [1.807, 2.05) is 13.0 Å². The van der Waals surface area contributed by atoms with Crippen LogP contribution < -0.4 is 13.8 Å². The van der Waals surface area contributed by atoms with Gasteiger partial charge in [0.25, 0.3) is 10.0 Å². The third kappa shape index (κ3) is 3.54. The van der Waals surface area contributed by atoms with Gasteiger partial charge >= 0.3 is 0 Å². The second-order valence-electron chi connectivity index (χ2n) is 5.18. The molecule has 2 rings (SSSR count). The van der Waals surface area contributed by atoms with Crippen LogP contribution in [0.5, 0.6) is 11.5 Å². The van der Waals surface area contributed by atoms with Crippen LogP contribution in [0.1, 0.15) is 5.56 Å². The van der Waals surface area contributed by atoms with Gasteiger partial charge in [-0.25, -0.2) is 8.42 Å². The molecule has 0 fully saturated rings. The summed E-state index contributed by atoms with van der Waals surface area (Å²) in [6.45, 7) is 5.70. The van der Waals surface area contributed by atoms with Crippen molar-refractivity contribution >= 4 is 15.7 Å². The molecule has 0 heterocycles. The molecule has 0 aliphatic heterocycles. The number of aryl methyl sites for hydroxylation is 1. The Labute approximate surface area is 143 Å². The largest absolute Gasteiger partial charge is 0.497 e. The van der Waals surface area contributed by atoms with E-state index in [1.165, 1.54) is 30.7 Å². The highest BCUT2D eigenvalue weighted by molar-refractivity contribution is 7.92. The minimum Gasteiger partial charge on any atom is -0.497 e. The molecule has 0 spiro atoms. The third-order valence-electron chi connectivity index (χ3n) is 3.55. The number of benzene rings is 2. The first kappa shape index (κ1) is 17.9. The van der Waals surface area contributed by atoms with E-state index in [0.717, 1.165) is 5.56 Å². The van der Waals surface area contributed by atoms with Gasteiger partial charge in [-0.1, -0.05) is 12.1 Å². The summed E-state index contributed by atoms with van der Waals surface area (Å²) in [5.74, 6) is 1.08. The molecule has 0 radical (unpaired) electrons. The first-order valence-electron chi connectivity index (χ1n) is 7.36. The van der Waals surface area contributed by atoms with Crippen molar-refractivity contribution in [1.29, 1.82) is 0 Å². The number of rotatable bonds is 7. The molecule has 0 N–H and O–H groups in total. The van der Waals surface area contributed by atoms with Crippen molar-refractivity contribution in [3.63, 3.8) is 0 Å². The minimum absolute atomic E-state index is 0.133. The fraction of sp³-hybridized carbons (Fsp3) is 0.222. The molecule has 0 saturated carbocycles. The Kier molecular flexibility index (Phi) is 5.51. The summed E-state index contributed by atoms with van der Waals surface area (Å²) >= 11 is 0. The van der Waals surface area contributed by atoms with Crippen LogP contribution in [0.4, 0.5) is 5.69 Å². The van der Waals surface area contributed by atoms with E-state index >= 15 is 0 Å². The third-order valence-corrected chi connectivity index (χ3v) is 5.34. The van der Waals surface area contributed by atoms with Gasteiger partial charge in [-0.3, -0.25) is 4.31 Å². The normalized spacial score (nSPS) is 11.0. The lowest BCUT2D eigenvalue weighted by molar-refractivity contribution is 0.414. The summed E-state index contributed by atoms with van der Waals surface area (Å²) < 4.78 is 37.9. The summed E-state index contributed by atoms with van der Waals surface area (Å²) in [7, 11) is -0.717. The monoisotopic (exact) mass is 347 g/mol. The maximum atomic E-state index is 13.1. The van der Waals surface area contributed by atoms with Gasteiger partial charge in [0, 0.05) is 0 Å². The van der Waals surface area contributed by atoms with Crippen LogP contribution in [0.2, 0.25) is 0 Å². The second-order valence-corrected chi connectivity index (χ2v) is 7.04. The Hall–Kier alpha value is -2.47. The van der Waals surface area contributed by atoms with Crippen LogP contribution >= 0.6 is 0 Å². The lowest BCUT2D eigenvalue weighted by Crippen LogP contribution is -2.31. The molecule has 2 aromatic carbocycles. The highest BCUT2D eigenvalue weighted by atomic mass is 32.2. The van der Waals surface area contributed by atoms with Crippen molar-refractivity contribution in [2.24, 2.45) is 0 Å². The minimum atomic E-state index is -3.76. The average molecular weight is 347 g/mol. The van der Waals surface area contributed by atoms with Crippen LogP contribution in [-0.4, -0.2) is 29.2 Å². The fourth-order valence-corrected chi connectivity index (χ4v) is 3.75. The van der Waals surface area contributed by atoms with Crippen molar-refractivity contribution < 1.29 is 17.9 Å². The van der Waals surface area contributed by atoms with Crippen molar-refractivity contribution in [2.45, 2.75) is 11.8 Å². The predicted molar refractivity (Wildman–Crippen MR) is 95.5 cm³/mol. The number of anilines is 1. The van der Waals surface area contributed by atoms with Crippen molar-refractivity contribution in [1.82, 2.24) is 0 Å². The van der Waals surface area contributed by atoms with Crippen LogP contribution in [-0.2, 0) is 10.0 Å². The molecular formula is C18H21NO4S. The summed E-state index contributed by atoms with van der Waals surface area (Å²) in [5, 5.41) is 0. The number of methoxy groups -OCH3 is 2. The Morgan fingerprint density at radius 2 is 1.75 bits per heavy atom. The van der Waals surface area contributed by atoms with Crippen LogP contribution in [0, 0.1) is 6.92 Å². The maximum absolute atomic E-state index is 13.1. The smallest absolute Gasteiger partial charge is 0.264 e. The van der Waals surface area contributed by atoms with Gasteiger partial charge in [0.15, 0.2) is 0 Å². The topological polar surface area (TPSA) is 55.8 Å². The summed E-state index contributed by atoms with van der Waals surface area (Å²) in [6, 6.07) is 11.7. The summed E-state index contributed by atoms with van der Waals surface area (Å²) in [5.41, 5.74) is 1.41. The maximum Gasteiger partial charge on any atom is 0.264 e. The van der Waals surface area contributed by atoms with E-state index in [9.17, 15) is 8.42 Å². The average Bonchev–Trinajstić information content (AvgIpc) is 2.59. The lowest BCUT2D eigenvalue weighted by Gasteiger charge is -2.25. The molecule has 0 atom stereocenters. The lowest BCUT2D eigenvalue weighted by atomic mass is 10.2. The van der Waals surface area contributed by atoms with Crippen molar-refractivity contribution in [3.05, 3.63) is 60.7 Å². The van der Waals surface area contributed by atoms with E-state index in [1.54, 1.807) is 30.3 Å². The summed E-state index contributed by atoms with van der Waals surface area (Å²) in [4.78, 5) is 0.175. The van der Waals surface area contributed by atoms with E-state index < -0.39 is 10.0 Å². The standard InChI is InChI=1S/C18H21NO4S/c1-5-12-19(17-13-14(2)6-11-18(17)23-4)24(20,21)16-9-7-15(22-3)8-10-16/h5-11,13H,1,12H2,2-4H3. The van der Waals surface area contributed by atoms with Gasteiger partial charge in [0.05, 0.1) is 31.3 Å². The number of sulfonamides is 1. The second kappa shape index (κ2) is 7.40. The van der Waals surface area contributed by atoms with E-state index in [4.69, 9.17) is 9.47 Å². The molecule has 6 heteroatoms. The molecule has 2 aromatic rings. The SMILES string of the molecule is C=CCN(c1cc(C)ccc1OC)S(=O)(=O)c1ccc(OC)cc1. The fourth-order valence-electron chi connectivity index (χ4n) is 2.31. The quantitative estimate of drug-likeness (QED) is 0.721. The number of hydrogen-bond acceptors (Lipinski definition) is 4. The molecule has 0 unspecified atom stereocenters. The van der Waals surface area contributed by atoms with Gasteiger partial charge in [-0.05, 0) is 48.9 Å². The Balaban J connectivity index is 2.56. The first-order valence-corrected chi connectivity index (χ1v) is 8.80. The zero-order valence-corrected chi connectivity index (χ0v) is 14.8. The molecule has 128 valence electrons. The predicted octanol–water partition coefficient (Wildman–Crippen LogP) is 3.39. The van der Waals surface area contributed by atoms with E-state index in [-0.39, 0.29) is 11.4 Å². The molecule has 5 nitrogen and oxygen atoms in total. The molecule has 0 amide bonds. The Morgan fingerprint density at radius 1 is 1.08 bits per heavy atom. The van der Waals surface area contributed by atoms with Crippen molar-refractivity contribution in [3.8, 4) is 11.5 Å². The first-order chi connectivity index (χ1) is 11.4. The van der Waals surface area contributed by atoms with Gasteiger partial charge in [-0.2, -0.15) is 0 Å².